The van der Waals surface area contributed by atoms with Crippen LogP contribution in [0.15, 0.2) is 0 Å². The molecule has 2 atom stereocenters. The third kappa shape index (κ3) is 4.25. The summed E-state index contributed by atoms with van der Waals surface area (Å²) in [5, 5.41) is 12.3. The zero-order chi connectivity index (χ0) is 13.6. The van der Waals surface area contributed by atoms with Gasteiger partial charge in [0.05, 0.1) is 0 Å². The van der Waals surface area contributed by atoms with Gasteiger partial charge in [-0.05, 0) is 51.7 Å². The summed E-state index contributed by atoms with van der Waals surface area (Å²) in [6.07, 6.45) is 4.22. The number of rotatable bonds is 8. The predicted molar refractivity (Wildman–Crippen MR) is 73.8 cm³/mol. The van der Waals surface area contributed by atoms with Gasteiger partial charge < -0.3 is 15.3 Å². The second kappa shape index (κ2) is 7.10. The van der Waals surface area contributed by atoms with Gasteiger partial charge in [0.2, 0.25) is 0 Å². The maximum Gasteiger partial charge on any atom is 0.323 e. The summed E-state index contributed by atoms with van der Waals surface area (Å²) in [5.41, 5.74) is -0.765. The minimum Gasteiger partial charge on any atom is -0.480 e. The topological polar surface area (TPSA) is 52.6 Å². The fraction of sp³-hybridized carbons (Fsp3) is 0.929. The molecule has 0 aromatic carbocycles. The van der Waals surface area contributed by atoms with Crippen molar-refractivity contribution in [3.63, 3.8) is 0 Å². The standard InChI is InChI=1S/C14H28N2O2/c1-4-12-7-10-16(11-12)9-6-8-14(3,13(17)18)15-5-2/h12,15H,4-11H2,1-3H3,(H,17,18). The SMILES string of the molecule is CCNC(C)(CCCN1CCC(CC)C1)C(=O)O. The highest BCUT2D eigenvalue weighted by molar-refractivity contribution is 5.78. The molecule has 0 aromatic rings. The van der Waals surface area contributed by atoms with Gasteiger partial charge in [-0.15, -0.1) is 0 Å². The lowest BCUT2D eigenvalue weighted by Gasteiger charge is -2.26. The van der Waals surface area contributed by atoms with Crippen LogP contribution < -0.4 is 5.32 Å². The lowest BCUT2D eigenvalue weighted by molar-refractivity contribution is -0.144. The summed E-state index contributed by atoms with van der Waals surface area (Å²) in [6, 6.07) is 0. The van der Waals surface area contributed by atoms with Crippen molar-refractivity contribution in [1.82, 2.24) is 10.2 Å². The average Bonchev–Trinajstić information content (AvgIpc) is 2.77. The maximum absolute atomic E-state index is 11.3. The third-order valence-corrected chi connectivity index (χ3v) is 4.14. The van der Waals surface area contributed by atoms with E-state index in [1.807, 2.05) is 6.92 Å². The smallest absolute Gasteiger partial charge is 0.323 e. The Morgan fingerprint density at radius 1 is 1.50 bits per heavy atom. The number of nitrogens with zero attached hydrogens (tertiary/aromatic N) is 1. The molecule has 1 aliphatic heterocycles. The Morgan fingerprint density at radius 2 is 2.22 bits per heavy atom. The Hall–Kier alpha value is -0.610. The molecule has 0 spiro atoms. The monoisotopic (exact) mass is 256 g/mol. The van der Waals surface area contributed by atoms with Gasteiger partial charge in [-0.2, -0.15) is 0 Å². The van der Waals surface area contributed by atoms with Crippen LogP contribution in [0.1, 0.15) is 46.5 Å². The highest BCUT2D eigenvalue weighted by Gasteiger charge is 2.31. The molecule has 0 saturated carbocycles. The second-order valence-corrected chi connectivity index (χ2v) is 5.63. The van der Waals surface area contributed by atoms with E-state index in [0.717, 1.165) is 18.9 Å². The largest absolute Gasteiger partial charge is 0.480 e. The highest BCUT2D eigenvalue weighted by Crippen LogP contribution is 2.20. The van der Waals surface area contributed by atoms with Crippen LogP contribution >= 0.6 is 0 Å². The molecule has 1 heterocycles. The van der Waals surface area contributed by atoms with E-state index in [1.165, 1.54) is 25.9 Å². The molecule has 4 nitrogen and oxygen atoms in total. The molecule has 2 unspecified atom stereocenters. The maximum atomic E-state index is 11.3. The summed E-state index contributed by atoms with van der Waals surface area (Å²) < 4.78 is 0. The first-order chi connectivity index (χ1) is 8.51. The first kappa shape index (κ1) is 15.4. The van der Waals surface area contributed by atoms with Crippen molar-refractivity contribution in [3.05, 3.63) is 0 Å². The molecule has 1 aliphatic rings. The van der Waals surface area contributed by atoms with E-state index in [0.29, 0.717) is 13.0 Å². The number of likely N-dealkylation sites (N-methyl/N-ethyl adjacent to an activating group) is 1. The molecule has 0 amide bonds. The van der Waals surface area contributed by atoms with Crippen molar-refractivity contribution in [1.29, 1.82) is 0 Å². The molecular weight excluding hydrogens is 228 g/mol. The van der Waals surface area contributed by atoms with E-state index in [4.69, 9.17) is 0 Å². The normalized spacial score (nSPS) is 24.1. The van der Waals surface area contributed by atoms with Crippen LogP contribution in [0.25, 0.3) is 0 Å². The molecule has 0 bridgehead atoms. The highest BCUT2D eigenvalue weighted by atomic mass is 16.4. The lowest BCUT2D eigenvalue weighted by Crippen LogP contribution is -2.49. The van der Waals surface area contributed by atoms with E-state index in [2.05, 4.69) is 17.1 Å². The Balaban J connectivity index is 2.29. The van der Waals surface area contributed by atoms with Crippen LogP contribution in [0.3, 0.4) is 0 Å². The minimum absolute atomic E-state index is 0.698. The molecule has 18 heavy (non-hydrogen) atoms. The van der Waals surface area contributed by atoms with Gasteiger partial charge in [0, 0.05) is 6.54 Å². The number of carboxylic acid groups (broad SMARTS) is 1. The first-order valence-corrected chi connectivity index (χ1v) is 7.22. The molecule has 1 rings (SSSR count). The van der Waals surface area contributed by atoms with Crippen molar-refractivity contribution in [2.24, 2.45) is 5.92 Å². The summed E-state index contributed by atoms with van der Waals surface area (Å²) >= 11 is 0. The van der Waals surface area contributed by atoms with Crippen molar-refractivity contribution in [2.75, 3.05) is 26.2 Å². The number of nitrogens with one attached hydrogen (secondary N) is 1. The summed E-state index contributed by atoms with van der Waals surface area (Å²) in [5.74, 6) is 0.113. The van der Waals surface area contributed by atoms with Crippen LogP contribution in [0.5, 0.6) is 0 Å². The van der Waals surface area contributed by atoms with E-state index >= 15 is 0 Å². The van der Waals surface area contributed by atoms with Crippen molar-refractivity contribution < 1.29 is 9.90 Å². The minimum atomic E-state index is -0.765. The Bertz CT molecular complexity index is 271. The van der Waals surface area contributed by atoms with Crippen LogP contribution in [-0.4, -0.2) is 47.7 Å². The Kier molecular flexibility index (Phi) is 6.09. The molecule has 0 radical (unpaired) electrons. The molecule has 1 saturated heterocycles. The Morgan fingerprint density at radius 3 is 2.72 bits per heavy atom. The van der Waals surface area contributed by atoms with Gasteiger partial charge in [-0.3, -0.25) is 4.79 Å². The van der Waals surface area contributed by atoms with Crippen molar-refractivity contribution in [3.8, 4) is 0 Å². The van der Waals surface area contributed by atoms with Gasteiger partial charge in [0.1, 0.15) is 5.54 Å². The van der Waals surface area contributed by atoms with E-state index in [9.17, 15) is 9.90 Å². The quantitative estimate of drug-likeness (QED) is 0.697. The van der Waals surface area contributed by atoms with Gasteiger partial charge in [0.15, 0.2) is 0 Å². The fourth-order valence-electron chi connectivity index (χ4n) is 2.77. The van der Waals surface area contributed by atoms with E-state index in [-0.39, 0.29) is 0 Å². The number of aliphatic carboxylic acids is 1. The van der Waals surface area contributed by atoms with Crippen molar-refractivity contribution >= 4 is 5.97 Å². The van der Waals surface area contributed by atoms with Gasteiger partial charge >= 0.3 is 5.97 Å². The lowest BCUT2D eigenvalue weighted by atomic mass is 9.95. The van der Waals surface area contributed by atoms with Gasteiger partial charge in [-0.1, -0.05) is 20.3 Å². The van der Waals surface area contributed by atoms with Gasteiger partial charge in [-0.25, -0.2) is 0 Å². The van der Waals surface area contributed by atoms with Gasteiger partial charge in [0.25, 0.3) is 0 Å². The molecular formula is C14H28N2O2. The molecule has 2 N–H and O–H groups in total. The predicted octanol–water partition coefficient (Wildman–Crippen LogP) is 1.95. The first-order valence-electron chi connectivity index (χ1n) is 7.22. The molecule has 1 fully saturated rings. The average molecular weight is 256 g/mol. The van der Waals surface area contributed by atoms with Crippen LogP contribution in [0.4, 0.5) is 0 Å². The van der Waals surface area contributed by atoms with Crippen LogP contribution in [-0.2, 0) is 4.79 Å². The molecule has 0 aliphatic carbocycles. The zero-order valence-electron chi connectivity index (χ0n) is 12.0. The second-order valence-electron chi connectivity index (χ2n) is 5.63. The fourth-order valence-corrected chi connectivity index (χ4v) is 2.77. The molecule has 106 valence electrons. The van der Waals surface area contributed by atoms with Crippen LogP contribution in [0, 0.1) is 5.92 Å². The summed E-state index contributed by atoms with van der Waals surface area (Å²) in [4.78, 5) is 13.7. The summed E-state index contributed by atoms with van der Waals surface area (Å²) in [6.45, 7) is 10.1. The van der Waals surface area contributed by atoms with E-state index in [1.54, 1.807) is 6.92 Å². The third-order valence-electron chi connectivity index (χ3n) is 4.14. The Labute approximate surface area is 111 Å². The van der Waals surface area contributed by atoms with E-state index < -0.39 is 11.5 Å². The van der Waals surface area contributed by atoms with Crippen molar-refractivity contribution in [2.45, 2.75) is 52.0 Å². The number of hydrogen-bond acceptors (Lipinski definition) is 3. The molecule has 0 aromatic heterocycles. The number of hydrogen-bond donors (Lipinski definition) is 2. The summed E-state index contributed by atoms with van der Waals surface area (Å²) in [7, 11) is 0. The molecule has 4 heteroatoms. The zero-order valence-corrected chi connectivity index (χ0v) is 12.0. The number of likely N-dealkylation sites (tertiary alicyclic amines) is 1. The number of carbonyl (C=O) groups is 1. The number of carboxylic acids is 1. The van der Waals surface area contributed by atoms with Crippen LogP contribution in [0.2, 0.25) is 0 Å².